The van der Waals surface area contributed by atoms with Crippen LogP contribution in [0.25, 0.3) is 0 Å². The first-order valence-corrected chi connectivity index (χ1v) is 5.03. The average molecular weight is 204 g/mol. The number of ether oxygens (including phenoxy) is 1. The van der Waals surface area contributed by atoms with Gasteiger partial charge in [-0.3, -0.25) is 4.79 Å². The van der Waals surface area contributed by atoms with Gasteiger partial charge in [-0.05, 0) is 18.1 Å². The molecular weight excluding hydrogens is 192 g/mol. The second-order valence-corrected chi connectivity index (χ2v) is 3.99. The fourth-order valence-corrected chi connectivity index (χ4v) is 2.46. The summed E-state index contributed by atoms with van der Waals surface area (Å²) < 4.78 is 5.39. The van der Waals surface area contributed by atoms with Crippen molar-refractivity contribution in [2.75, 3.05) is 11.6 Å². The van der Waals surface area contributed by atoms with Crippen LogP contribution in [0.2, 0.25) is 0 Å². The highest BCUT2D eigenvalue weighted by atomic mass is 16.5. The number of anilines is 1. The van der Waals surface area contributed by atoms with Crippen LogP contribution in [0.3, 0.4) is 0 Å². The Hall–Kier alpha value is -1.55. The molecule has 0 bridgehead atoms. The lowest BCUT2D eigenvalue weighted by Gasteiger charge is -2.17. The third kappa shape index (κ3) is 1.15. The van der Waals surface area contributed by atoms with Crippen molar-refractivity contribution in [3.05, 3.63) is 29.8 Å². The molecular formula is C11H12N2O2. The summed E-state index contributed by atoms with van der Waals surface area (Å²) in [5.74, 6) is -0.365. The predicted octanol–water partition coefficient (Wildman–Crippen LogP) is 0.259. The number of fused-ring (bicyclic) bond motifs is 3. The quantitative estimate of drug-likeness (QED) is 0.714. The molecule has 4 heteroatoms. The first kappa shape index (κ1) is 8.73. The van der Waals surface area contributed by atoms with Crippen molar-refractivity contribution in [2.45, 2.75) is 18.6 Å². The molecule has 0 radical (unpaired) electrons. The summed E-state index contributed by atoms with van der Waals surface area (Å²) in [5, 5.41) is 0. The third-order valence-electron chi connectivity index (χ3n) is 3.15. The number of hydrogen-bond acceptors (Lipinski definition) is 3. The lowest BCUT2D eigenvalue weighted by Crippen LogP contribution is -2.40. The predicted molar refractivity (Wildman–Crippen MR) is 55.3 cm³/mol. The van der Waals surface area contributed by atoms with Gasteiger partial charge in [0.25, 0.3) is 0 Å². The number of nitrogens with zero attached hydrogens (tertiary/aromatic N) is 1. The first-order valence-electron chi connectivity index (χ1n) is 5.03. The van der Waals surface area contributed by atoms with Crippen LogP contribution >= 0.6 is 0 Å². The van der Waals surface area contributed by atoms with E-state index in [9.17, 15) is 4.79 Å². The van der Waals surface area contributed by atoms with Crippen LogP contribution in [0, 0.1) is 0 Å². The number of para-hydroxylation sites is 1. The second-order valence-electron chi connectivity index (χ2n) is 3.99. The molecule has 0 saturated carbocycles. The largest absolute Gasteiger partial charge is 0.367 e. The number of hydrogen-bond donors (Lipinski definition) is 1. The zero-order valence-electron chi connectivity index (χ0n) is 8.22. The van der Waals surface area contributed by atoms with Gasteiger partial charge in [-0.25, -0.2) is 0 Å². The van der Waals surface area contributed by atoms with E-state index in [1.165, 1.54) is 11.3 Å². The third-order valence-corrected chi connectivity index (χ3v) is 3.15. The summed E-state index contributed by atoms with van der Waals surface area (Å²) in [7, 11) is 0. The molecule has 2 atom stereocenters. The van der Waals surface area contributed by atoms with Crippen molar-refractivity contribution < 1.29 is 9.53 Å². The van der Waals surface area contributed by atoms with E-state index in [2.05, 4.69) is 17.0 Å². The fourth-order valence-electron chi connectivity index (χ4n) is 2.46. The molecule has 0 spiro atoms. The molecule has 2 unspecified atom stereocenters. The molecule has 2 N–H and O–H groups in total. The maximum Gasteiger partial charge on any atom is 0.248 e. The van der Waals surface area contributed by atoms with Crippen LogP contribution in [0.1, 0.15) is 5.56 Å². The number of primary amides is 1. The van der Waals surface area contributed by atoms with E-state index in [-0.39, 0.29) is 11.9 Å². The molecule has 0 aliphatic carbocycles. The van der Waals surface area contributed by atoms with Crippen molar-refractivity contribution in [3.8, 4) is 0 Å². The molecule has 15 heavy (non-hydrogen) atoms. The van der Waals surface area contributed by atoms with E-state index in [0.29, 0.717) is 6.73 Å². The Morgan fingerprint density at radius 1 is 1.47 bits per heavy atom. The van der Waals surface area contributed by atoms with E-state index >= 15 is 0 Å². The Bertz CT molecular complexity index is 419. The Balaban J connectivity index is 1.97. The molecule has 3 rings (SSSR count). The molecule has 1 aromatic carbocycles. The maximum atomic E-state index is 11.2. The van der Waals surface area contributed by atoms with Gasteiger partial charge in [0.1, 0.15) is 6.73 Å². The normalized spacial score (nSPS) is 27.6. The number of benzene rings is 1. The number of rotatable bonds is 1. The van der Waals surface area contributed by atoms with E-state index in [1.807, 2.05) is 12.1 Å². The molecule has 2 aliphatic heterocycles. The molecule has 1 saturated heterocycles. The molecule has 4 nitrogen and oxygen atoms in total. The average Bonchev–Trinajstić information content (AvgIpc) is 2.74. The van der Waals surface area contributed by atoms with Crippen molar-refractivity contribution >= 4 is 11.6 Å². The zero-order valence-corrected chi connectivity index (χ0v) is 8.22. The second kappa shape index (κ2) is 2.97. The number of amides is 1. The highest BCUT2D eigenvalue weighted by Crippen LogP contribution is 2.37. The Kier molecular flexibility index (Phi) is 1.73. The summed E-state index contributed by atoms with van der Waals surface area (Å²) in [6.45, 7) is 0.468. The lowest BCUT2D eigenvalue weighted by molar-refractivity contribution is -0.127. The number of carbonyl (C=O) groups is 1. The van der Waals surface area contributed by atoms with Crippen molar-refractivity contribution in [3.63, 3.8) is 0 Å². The van der Waals surface area contributed by atoms with E-state index in [1.54, 1.807) is 0 Å². The minimum Gasteiger partial charge on any atom is -0.367 e. The van der Waals surface area contributed by atoms with Crippen LogP contribution < -0.4 is 10.6 Å². The van der Waals surface area contributed by atoms with E-state index in [0.717, 1.165) is 6.42 Å². The van der Waals surface area contributed by atoms with Gasteiger partial charge in [0.2, 0.25) is 5.91 Å². The molecule has 0 aromatic heterocycles. The van der Waals surface area contributed by atoms with Crippen LogP contribution in [0.15, 0.2) is 24.3 Å². The summed E-state index contributed by atoms with van der Waals surface area (Å²) in [6.07, 6.45) is 0.390. The highest BCUT2D eigenvalue weighted by Gasteiger charge is 2.43. The van der Waals surface area contributed by atoms with E-state index in [4.69, 9.17) is 10.5 Å². The van der Waals surface area contributed by atoms with Gasteiger partial charge >= 0.3 is 0 Å². The lowest BCUT2D eigenvalue weighted by atomic mass is 10.1. The zero-order chi connectivity index (χ0) is 10.4. The maximum absolute atomic E-state index is 11.2. The summed E-state index contributed by atoms with van der Waals surface area (Å²) >= 11 is 0. The Labute approximate surface area is 87.6 Å². The molecule has 78 valence electrons. The first-order chi connectivity index (χ1) is 7.27. The molecule has 2 aliphatic rings. The van der Waals surface area contributed by atoms with Gasteiger partial charge in [-0.15, -0.1) is 0 Å². The van der Waals surface area contributed by atoms with Crippen molar-refractivity contribution in [2.24, 2.45) is 5.73 Å². The topological polar surface area (TPSA) is 55.6 Å². The number of carbonyl (C=O) groups excluding carboxylic acids is 1. The molecule has 1 aromatic rings. The standard InChI is InChI=1S/C11H12N2O2/c12-11(14)10-9-5-7-3-1-2-4-8(7)13(9)6-15-10/h1-4,9-10H,5-6H2,(H2,12,14). The summed E-state index contributed by atoms with van der Waals surface area (Å²) in [5.41, 5.74) is 7.75. The van der Waals surface area contributed by atoms with Crippen LogP contribution in [-0.4, -0.2) is 24.8 Å². The van der Waals surface area contributed by atoms with E-state index < -0.39 is 6.10 Å². The summed E-state index contributed by atoms with van der Waals surface area (Å²) in [6, 6.07) is 8.26. The summed E-state index contributed by atoms with van der Waals surface area (Å²) in [4.78, 5) is 13.3. The number of nitrogens with two attached hydrogens (primary N) is 1. The Morgan fingerprint density at radius 3 is 3.07 bits per heavy atom. The van der Waals surface area contributed by atoms with Gasteiger partial charge in [-0.1, -0.05) is 18.2 Å². The minimum absolute atomic E-state index is 0.0971. The van der Waals surface area contributed by atoms with Crippen LogP contribution in [-0.2, 0) is 16.0 Å². The highest BCUT2D eigenvalue weighted by molar-refractivity contribution is 5.82. The van der Waals surface area contributed by atoms with Crippen molar-refractivity contribution in [1.29, 1.82) is 0 Å². The molecule has 2 heterocycles. The van der Waals surface area contributed by atoms with Gasteiger partial charge in [-0.2, -0.15) is 0 Å². The van der Waals surface area contributed by atoms with Gasteiger partial charge in [0.05, 0.1) is 6.04 Å². The van der Waals surface area contributed by atoms with Gasteiger partial charge in [0.15, 0.2) is 6.10 Å². The SMILES string of the molecule is NC(=O)C1OCN2c3ccccc3CC12. The molecule has 1 amide bonds. The monoisotopic (exact) mass is 204 g/mol. The van der Waals surface area contributed by atoms with Crippen molar-refractivity contribution in [1.82, 2.24) is 0 Å². The van der Waals surface area contributed by atoms with Gasteiger partial charge < -0.3 is 15.4 Å². The van der Waals surface area contributed by atoms with Crippen LogP contribution in [0.4, 0.5) is 5.69 Å². The minimum atomic E-state index is -0.461. The van der Waals surface area contributed by atoms with Gasteiger partial charge in [0, 0.05) is 5.69 Å². The smallest absolute Gasteiger partial charge is 0.248 e. The fraction of sp³-hybridized carbons (Fsp3) is 0.364. The Morgan fingerprint density at radius 2 is 2.27 bits per heavy atom. The van der Waals surface area contributed by atoms with Crippen LogP contribution in [0.5, 0.6) is 0 Å². The molecule has 1 fully saturated rings.